The molecule has 2 unspecified atom stereocenters. The first kappa shape index (κ1) is 14.7. The van der Waals surface area contributed by atoms with Crippen LogP contribution in [-0.2, 0) is 4.74 Å². The first-order valence-electron chi connectivity index (χ1n) is 6.02. The summed E-state index contributed by atoms with van der Waals surface area (Å²) in [6.07, 6.45) is 3.35. The maximum absolute atomic E-state index is 5.16. The number of nitrogens with one attached hydrogen (secondary N) is 1. The third-order valence-electron chi connectivity index (χ3n) is 2.67. The van der Waals surface area contributed by atoms with Gasteiger partial charge >= 0.3 is 0 Å². The third kappa shape index (κ3) is 7.57. The molecular weight excluding hydrogens is 186 g/mol. The normalized spacial score (nSPS) is 14.9. The van der Waals surface area contributed by atoms with E-state index < -0.39 is 0 Å². The second-order valence-electron chi connectivity index (χ2n) is 4.36. The Hall–Kier alpha value is -0.340. The first-order valence-corrected chi connectivity index (χ1v) is 6.02. The van der Waals surface area contributed by atoms with Crippen LogP contribution in [0.4, 0.5) is 0 Å². The van der Waals surface area contributed by atoms with Gasteiger partial charge in [-0.1, -0.05) is 32.9 Å². The number of rotatable bonds is 9. The maximum atomic E-state index is 5.16. The minimum absolute atomic E-state index is 0.563. The summed E-state index contributed by atoms with van der Waals surface area (Å²) in [5, 5.41) is 3.52. The smallest absolute Gasteiger partial charge is 0.0488 e. The molecule has 0 saturated heterocycles. The molecule has 0 heterocycles. The summed E-state index contributed by atoms with van der Waals surface area (Å²) in [5.74, 6) is 0.615. The molecule has 0 radical (unpaired) electrons. The van der Waals surface area contributed by atoms with Gasteiger partial charge in [0.1, 0.15) is 0 Å². The van der Waals surface area contributed by atoms with Crippen molar-refractivity contribution >= 4 is 0 Å². The van der Waals surface area contributed by atoms with Gasteiger partial charge in [0.05, 0.1) is 0 Å². The molecule has 0 aromatic heterocycles. The molecule has 0 saturated carbocycles. The van der Waals surface area contributed by atoms with E-state index in [0.29, 0.717) is 12.0 Å². The zero-order valence-electron chi connectivity index (χ0n) is 10.8. The van der Waals surface area contributed by atoms with Crippen LogP contribution in [0.2, 0.25) is 0 Å². The molecule has 0 aliphatic rings. The van der Waals surface area contributed by atoms with E-state index in [1.54, 1.807) is 7.11 Å². The van der Waals surface area contributed by atoms with Gasteiger partial charge < -0.3 is 10.1 Å². The van der Waals surface area contributed by atoms with Crippen LogP contribution in [0, 0.1) is 5.92 Å². The van der Waals surface area contributed by atoms with Gasteiger partial charge in [-0.25, -0.2) is 0 Å². The van der Waals surface area contributed by atoms with Crippen LogP contribution in [0.15, 0.2) is 12.2 Å². The summed E-state index contributed by atoms with van der Waals surface area (Å²) in [6.45, 7) is 12.5. The van der Waals surface area contributed by atoms with Crippen LogP contribution in [0.5, 0.6) is 0 Å². The molecule has 0 aromatic rings. The Morgan fingerprint density at radius 1 is 1.40 bits per heavy atom. The van der Waals surface area contributed by atoms with Crippen LogP contribution in [0.3, 0.4) is 0 Å². The maximum Gasteiger partial charge on any atom is 0.0488 e. The molecule has 2 heteroatoms. The highest BCUT2D eigenvalue weighted by Gasteiger charge is 2.12. The Labute approximate surface area is 95.1 Å². The standard InChI is InChI=1S/C13H27NO/c1-6-11(3)8-13(14-7-2)9-12(4)10-15-5/h12-14H,3,6-10H2,1-2,4-5H3. The van der Waals surface area contributed by atoms with E-state index in [0.717, 1.165) is 26.0 Å². The summed E-state index contributed by atoms with van der Waals surface area (Å²) < 4.78 is 5.16. The molecular formula is C13H27NO. The lowest BCUT2D eigenvalue weighted by molar-refractivity contribution is 0.149. The van der Waals surface area contributed by atoms with E-state index in [4.69, 9.17) is 4.74 Å². The average molecular weight is 213 g/mol. The van der Waals surface area contributed by atoms with Crippen molar-refractivity contribution in [2.24, 2.45) is 5.92 Å². The van der Waals surface area contributed by atoms with Crippen molar-refractivity contribution in [3.8, 4) is 0 Å². The second kappa shape index (κ2) is 8.93. The number of hydrogen-bond acceptors (Lipinski definition) is 2. The molecule has 0 aliphatic carbocycles. The number of hydrogen-bond donors (Lipinski definition) is 1. The van der Waals surface area contributed by atoms with E-state index in [-0.39, 0.29) is 0 Å². The largest absolute Gasteiger partial charge is 0.384 e. The minimum atomic E-state index is 0.563. The minimum Gasteiger partial charge on any atom is -0.384 e. The summed E-state index contributed by atoms with van der Waals surface area (Å²) >= 11 is 0. The Kier molecular flexibility index (Phi) is 8.73. The van der Waals surface area contributed by atoms with Crippen molar-refractivity contribution in [1.82, 2.24) is 5.32 Å². The highest BCUT2D eigenvalue weighted by atomic mass is 16.5. The van der Waals surface area contributed by atoms with E-state index in [9.17, 15) is 0 Å². The highest BCUT2D eigenvalue weighted by Crippen LogP contribution is 2.14. The number of ether oxygens (including phenoxy) is 1. The monoisotopic (exact) mass is 213 g/mol. The van der Waals surface area contributed by atoms with Gasteiger partial charge in [0.15, 0.2) is 0 Å². The molecule has 2 atom stereocenters. The quantitative estimate of drug-likeness (QED) is 0.595. The zero-order chi connectivity index (χ0) is 11.7. The van der Waals surface area contributed by atoms with Crippen LogP contribution < -0.4 is 5.32 Å². The summed E-state index contributed by atoms with van der Waals surface area (Å²) in [5.41, 5.74) is 1.34. The van der Waals surface area contributed by atoms with Gasteiger partial charge in [-0.05, 0) is 31.7 Å². The first-order chi connectivity index (χ1) is 7.13. The van der Waals surface area contributed by atoms with E-state index >= 15 is 0 Å². The lowest BCUT2D eigenvalue weighted by atomic mass is 9.96. The zero-order valence-corrected chi connectivity index (χ0v) is 10.8. The molecule has 0 spiro atoms. The van der Waals surface area contributed by atoms with Crippen LogP contribution in [-0.4, -0.2) is 26.3 Å². The Balaban J connectivity index is 3.96. The molecule has 0 rings (SSSR count). The van der Waals surface area contributed by atoms with Gasteiger partial charge in [-0.3, -0.25) is 0 Å². The van der Waals surface area contributed by atoms with E-state index in [1.165, 1.54) is 12.0 Å². The lowest BCUT2D eigenvalue weighted by Gasteiger charge is -2.22. The molecule has 0 bridgehead atoms. The molecule has 0 aliphatic heterocycles. The molecule has 15 heavy (non-hydrogen) atoms. The van der Waals surface area contributed by atoms with Gasteiger partial charge in [-0.15, -0.1) is 0 Å². The molecule has 2 nitrogen and oxygen atoms in total. The van der Waals surface area contributed by atoms with Crippen LogP contribution >= 0.6 is 0 Å². The lowest BCUT2D eigenvalue weighted by Crippen LogP contribution is -2.31. The molecule has 0 amide bonds. The van der Waals surface area contributed by atoms with E-state index in [2.05, 4.69) is 32.7 Å². The van der Waals surface area contributed by atoms with Crippen molar-refractivity contribution in [3.63, 3.8) is 0 Å². The Bertz CT molecular complexity index is 168. The fourth-order valence-corrected chi connectivity index (χ4v) is 1.86. The van der Waals surface area contributed by atoms with Gasteiger partial charge in [-0.2, -0.15) is 0 Å². The van der Waals surface area contributed by atoms with Gasteiger partial charge in [0.2, 0.25) is 0 Å². The second-order valence-corrected chi connectivity index (χ2v) is 4.36. The predicted molar refractivity (Wildman–Crippen MR) is 67.2 cm³/mol. The van der Waals surface area contributed by atoms with Crippen molar-refractivity contribution in [2.75, 3.05) is 20.3 Å². The summed E-state index contributed by atoms with van der Waals surface area (Å²) in [4.78, 5) is 0. The fourth-order valence-electron chi connectivity index (χ4n) is 1.86. The molecule has 0 aromatic carbocycles. The SMILES string of the molecule is C=C(CC)CC(CC(C)COC)NCC. The van der Waals surface area contributed by atoms with Crippen molar-refractivity contribution in [2.45, 2.75) is 46.1 Å². The van der Waals surface area contributed by atoms with Crippen molar-refractivity contribution < 1.29 is 4.74 Å². The van der Waals surface area contributed by atoms with Crippen molar-refractivity contribution in [3.05, 3.63) is 12.2 Å². The van der Waals surface area contributed by atoms with Crippen LogP contribution in [0.25, 0.3) is 0 Å². The molecule has 0 fully saturated rings. The molecule has 1 N–H and O–H groups in total. The Morgan fingerprint density at radius 2 is 2.07 bits per heavy atom. The van der Waals surface area contributed by atoms with Gasteiger partial charge in [0.25, 0.3) is 0 Å². The topological polar surface area (TPSA) is 21.3 Å². The fraction of sp³-hybridized carbons (Fsp3) is 0.846. The predicted octanol–water partition coefficient (Wildman–Crippen LogP) is 2.99. The van der Waals surface area contributed by atoms with E-state index in [1.807, 2.05) is 0 Å². The highest BCUT2D eigenvalue weighted by molar-refractivity contribution is 4.96. The Morgan fingerprint density at radius 3 is 2.53 bits per heavy atom. The van der Waals surface area contributed by atoms with Gasteiger partial charge in [0, 0.05) is 19.8 Å². The third-order valence-corrected chi connectivity index (χ3v) is 2.67. The summed E-state index contributed by atoms with van der Waals surface area (Å²) in [7, 11) is 1.77. The average Bonchev–Trinajstić information content (AvgIpc) is 2.18. The molecule has 90 valence electrons. The van der Waals surface area contributed by atoms with Crippen LogP contribution in [0.1, 0.15) is 40.0 Å². The number of methoxy groups -OCH3 is 1. The summed E-state index contributed by atoms with van der Waals surface area (Å²) in [6, 6.07) is 0.563. The van der Waals surface area contributed by atoms with Crippen molar-refractivity contribution in [1.29, 1.82) is 0 Å².